The Morgan fingerprint density at radius 3 is 2.55 bits per heavy atom. The molecule has 3 rings (SSSR count). The minimum Gasteiger partial charge on any atom is -0.484 e. The summed E-state index contributed by atoms with van der Waals surface area (Å²) in [5.41, 5.74) is 1.64. The fourth-order valence-electron chi connectivity index (χ4n) is 3.83. The molecule has 1 saturated heterocycles. The number of anilines is 1. The van der Waals surface area contributed by atoms with Gasteiger partial charge in [-0.05, 0) is 42.5 Å². The van der Waals surface area contributed by atoms with Gasteiger partial charge in [-0.3, -0.25) is 19.8 Å². The number of carbonyl (C=O) groups is 2. The van der Waals surface area contributed by atoms with Crippen molar-refractivity contribution in [2.75, 3.05) is 25.0 Å². The summed E-state index contributed by atoms with van der Waals surface area (Å²) in [6.45, 7) is 9.33. The first-order valence-corrected chi connectivity index (χ1v) is 11.0. The molecule has 0 bridgehead atoms. The maximum atomic E-state index is 12.2. The lowest BCUT2D eigenvalue weighted by atomic mass is 9.92. The maximum Gasteiger partial charge on any atom is 0.264 e. The number of amides is 1. The zero-order valence-electron chi connectivity index (χ0n) is 17.3. The van der Waals surface area contributed by atoms with Crippen LogP contribution in [-0.2, 0) is 11.3 Å². The van der Waals surface area contributed by atoms with E-state index >= 15 is 0 Å². The Balaban J connectivity index is 1.45. The van der Waals surface area contributed by atoms with Crippen LogP contribution in [0.25, 0.3) is 0 Å². The quantitative estimate of drug-likeness (QED) is 0.653. The number of aromatic nitrogens is 1. The Hall–Kier alpha value is -2.25. The first-order valence-electron chi connectivity index (χ1n) is 10.2. The predicted molar refractivity (Wildman–Crippen MR) is 116 cm³/mol. The molecule has 156 valence electrons. The summed E-state index contributed by atoms with van der Waals surface area (Å²) in [7, 11) is 0. The summed E-state index contributed by atoms with van der Waals surface area (Å²) in [5.74, 6) is 1.81. The molecule has 6 nitrogen and oxygen atoms in total. The lowest BCUT2D eigenvalue weighted by Gasteiger charge is -2.34. The average Bonchev–Trinajstić information content (AvgIpc) is 3.12. The van der Waals surface area contributed by atoms with Crippen LogP contribution in [0.15, 0.2) is 29.6 Å². The van der Waals surface area contributed by atoms with Crippen LogP contribution >= 0.6 is 11.3 Å². The standard InChI is InChI=1S/C22H29N3O3S/c1-4-20(26)17-5-7-19(8-6-17)28-13-21(27)24-22-23-18(14-29-22)12-25-10-15(2)9-16(3)11-25/h5-8,14-16H,4,9-13H2,1-3H3,(H,23,24,27). The normalized spacial score (nSPS) is 19.7. The van der Waals surface area contributed by atoms with Crippen molar-refractivity contribution in [3.8, 4) is 5.75 Å². The average molecular weight is 416 g/mol. The summed E-state index contributed by atoms with van der Waals surface area (Å²) >= 11 is 1.43. The van der Waals surface area contributed by atoms with Crippen molar-refractivity contribution in [1.82, 2.24) is 9.88 Å². The van der Waals surface area contributed by atoms with Crippen molar-refractivity contribution in [1.29, 1.82) is 0 Å². The van der Waals surface area contributed by atoms with Gasteiger partial charge in [-0.1, -0.05) is 20.8 Å². The number of ketones is 1. The molecule has 0 aliphatic carbocycles. The van der Waals surface area contributed by atoms with Gasteiger partial charge in [-0.15, -0.1) is 11.3 Å². The van der Waals surface area contributed by atoms with Gasteiger partial charge in [0.15, 0.2) is 17.5 Å². The molecular weight excluding hydrogens is 386 g/mol. The van der Waals surface area contributed by atoms with Gasteiger partial charge in [-0.2, -0.15) is 0 Å². The number of hydrogen-bond acceptors (Lipinski definition) is 6. The highest BCUT2D eigenvalue weighted by atomic mass is 32.1. The number of hydrogen-bond donors (Lipinski definition) is 1. The van der Waals surface area contributed by atoms with Crippen LogP contribution in [0.4, 0.5) is 5.13 Å². The molecule has 1 amide bonds. The summed E-state index contributed by atoms with van der Waals surface area (Å²) in [6, 6.07) is 6.85. The molecule has 2 heterocycles. The van der Waals surface area contributed by atoms with Crippen molar-refractivity contribution < 1.29 is 14.3 Å². The molecule has 1 aliphatic rings. The lowest BCUT2D eigenvalue weighted by molar-refractivity contribution is -0.118. The maximum absolute atomic E-state index is 12.2. The first-order chi connectivity index (χ1) is 13.9. The van der Waals surface area contributed by atoms with Crippen LogP contribution in [0.5, 0.6) is 5.75 Å². The van der Waals surface area contributed by atoms with Gasteiger partial charge in [0.25, 0.3) is 5.91 Å². The number of ether oxygens (including phenoxy) is 1. The Kier molecular flexibility index (Phi) is 7.39. The Bertz CT molecular complexity index is 824. The molecule has 0 saturated carbocycles. The van der Waals surface area contributed by atoms with Gasteiger partial charge in [0.2, 0.25) is 0 Å². The molecule has 2 unspecified atom stereocenters. The highest BCUT2D eigenvalue weighted by molar-refractivity contribution is 7.13. The first kappa shape index (κ1) is 21.5. The summed E-state index contributed by atoms with van der Waals surface area (Å²) in [4.78, 5) is 30.8. The molecule has 1 aliphatic heterocycles. The van der Waals surface area contributed by atoms with Gasteiger partial charge in [0.1, 0.15) is 5.75 Å². The molecule has 1 aromatic carbocycles. The van der Waals surface area contributed by atoms with Crippen LogP contribution in [0.2, 0.25) is 0 Å². The van der Waals surface area contributed by atoms with E-state index in [-0.39, 0.29) is 18.3 Å². The number of Topliss-reactive ketones (excluding diaryl/α,β-unsaturated/α-hetero) is 1. The largest absolute Gasteiger partial charge is 0.484 e. The molecule has 29 heavy (non-hydrogen) atoms. The number of rotatable bonds is 8. The lowest BCUT2D eigenvalue weighted by Crippen LogP contribution is -2.38. The minimum atomic E-state index is -0.250. The zero-order valence-corrected chi connectivity index (χ0v) is 18.1. The predicted octanol–water partition coefficient (Wildman–Crippen LogP) is 4.23. The van der Waals surface area contributed by atoms with E-state index < -0.39 is 0 Å². The third kappa shape index (κ3) is 6.37. The Morgan fingerprint density at radius 1 is 1.21 bits per heavy atom. The molecule has 2 aromatic rings. The van der Waals surface area contributed by atoms with Crippen molar-refractivity contribution in [3.63, 3.8) is 0 Å². The van der Waals surface area contributed by atoms with Gasteiger partial charge in [0, 0.05) is 37.0 Å². The van der Waals surface area contributed by atoms with Crippen LogP contribution in [0, 0.1) is 11.8 Å². The highest BCUT2D eigenvalue weighted by Gasteiger charge is 2.22. The summed E-state index contributed by atoms with van der Waals surface area (Å²) in [5, 5.41) is 5.39. The minimum absolute atomic E-state index is 0.0855. The molecule has 2 atom stereocenters. The Labute approximate surface area is 176 Å². The molecule has 1 N–H and O–H groups in total. The number of carbonyl (C=O) groups excluding carboxylic acids is 2. The molecule has 1 fully saturated rings. The fraction of sp³-hybridized carbons (Fsp3) is 0.500. The molecule has 0 radical (unpaired) electrons. The number of piperidine rings is 1. The van der Waals surface area contributed by atoms with E-state index in [1.54, 1.807) is 24.3 Å². The van der Waals surface area contributed by atoms with Crippen molar-refractivity contribution in [2.45, 2.75) is 40.2 Å². The molecular formula is C22H29N3O3S. The fourth-order valence-corrected chi connectivity index (χ4v) is 4.55. The molecule has 1 aromatic heterocycles. The van der Waals surface area contributed by atoms with Crippen molar-refractivity contribution in [3.05, 3.63) is 40.9 Å². The third-order valence-corrected chi connectivity index (χ3v) is 5.80. The summed E-state index contributed by atoms with van der Waals surface area (Å²) in [6.07, 6.45) is 1.75. The number of thiazole rings is 1. The zero-order chi connectivity index (χ0) is 20.8. The van der Waals surface area contributed by atoms with Crippen LogP contribution in [0.1, 0.15) is 49.7 Å². The SMILES string of the molecule is CCC(=O)c1ccc(OCC(=O)Nc2nc(CN3CC(C)CC(C)C3)cs2)cc1. The molecule has 0 spiro atoms. The van der Waals surface area contributed by atoms with E-state index in [4.69, 9.17) is 4.74 Å². The van der Waals surface area contributed by atoms with Gasteiger partial charge in [-0.25, -0.2) is 4.98 Å². The second kappa shape index (κ2) is 9.98. The van der Waals surface area contributed by atoms with E-state index in [0.29, 0.717) is 34.7 Å². The van der Waals surface area contributed by atoms with E-state index in [0.717, 1.165) is 25.3 Å². The topological polar surface area (TPSA) is 71.5 Å². The van der Waals surface area contributed by atoms with Gasteiger partial charge >= 0.3 is 0 Å². The molecule has 7 heteroatoms. The number of nitrogens with one attached hydrogen (secondary N) is 1. The van der Waals surface area contributed by atoms with E-state index in [1.165, 1.54) is 17.8 Å². The highest BCUT2D eigenvalue weighted by Crippen LogP contribution is 2.24. The van der Waals surface area contributed by atoms with Gasteiger partial charge in [0.05, 0.1) is 5.69 Å². The second-order valence-electron chi connectivity index (χ2n) is 7.92. The van der Waals surface area contributed by atoms with Crippen LogP contribution in [-0.4, -0.2) is 41.3 Å². The number of likely N-dealkylation sites (tertiary alicyclic amines) is 1. The number of benzene rings is 1. The second-order valence-corrected chi connectivity index (χ2v) is 8.78. The van der Waals surface area contributed by atoms with E-state index in [2.05, 4.69) is 29.0 Å². The van der Waals surface area contributed by atoms with Crippen molar-refractivity contribution in [2.24, 2.45) is 11.8 Å². The smallest absolute Gasteiger partial charge is 0.264 e. The number of nitrogens with zero attached hydrogens (tertiary/aromatic N) is 2. The summed E-state index contributed by atoms with van der Waals surface area (Å²) < 4.78 is 5.51. The monoisotopic (exact) mass is 415 g/mol. The van der Waals surface area contributed by atoms with Crippen LogP contribution < -0.4 is 10.1 Å². The van der Waals surface area contributed by atoms with Crippen LogP contribution in [0.3, 0.4) is 0 Å². The third-order valence-electron chi connectivity index (χ3n) is 5.00. The van der Waals surface area contributed by atoms with Gasteiger partial charge < -0.3 is 4.74 Å². The van der Waals surface area contributed by atoms with Crippen molar-refractivity contribution >= 4 is 28.2 Å². The van der Waals surface area contributed by atoms with E-state index in [1.807, 2.05) is 12.3 Å². The van der Waals surface area contributed by atoms with E-state index in [9.17, 15) is 9.59 Å². The Morgan fingerprint density at radius 2 is 1.90 bits per heavy atom.